The maximum Gasteiger partial charge on any atom is 0.191 e. The van der Waals surface area contributed by atoms with Crippen LogP contribution in [0.1, 0.15) is 17.0 Å². The number of hydrogen-bond donors (Lipinski definition) is 1. The van der Waals surface area contributed by atoms with Gasteiger partial charge in [0.25, 0.3) is 0 Å². The van der Waals surface area contributed by atoms with E-state index < -0.39 is 11.3 Å². The van der Waals surface area contributed by atoms with E-state index in [2.05, 4.69) is 35.2 Å². The molecule has 0 spiro atoms. The molecule has 0 saturated heterocycles. The molecule has 1 aliphatic heterocycles. The molecule has 0 aromatic heterocycles. The molecule has 2 aromatic carbocycles. The highest BCUT2D eigenvalue weighted by atomic mass is 16.5. The van der Waals surface area contributed by atoms with Gasteiger partial charge in [0.1, 0.15) is 17.6 Å². The minimum Gasteiger partial charge on any atom is -0.497 e. The Labute approximate surface area is 199 Å². The molecule has 7 nitrogen and oxygen atoms in total. The van der Waals surface area contributed by atoms with Gasteiger partial charge in [-0.25, -0.2) is 0 Å². The van der Waals surface area contributed by atoms with E-state index in [1.807, 2.05) is 24.3 Å². The summed E-state index contributed by atoms with van der Waals surface area (Å²) in [6, 6.07) is 22.0. The fraction of sp³-hybridized carbons (Fsp3) is 0.296. The van der Waals surface area contributed by atoms with Gasteiger partial charge in [-0.05, 0) is 29.3 Å². The second-order valence-electron chi connectivity index (χ2n) is 8.46. The molecular formula is C27H25N5O2. The molecule has 0 bridgehead atoms. The first kappa shape index (κ1) is 22.9. The zero-order valence-electron chi connectivity index (χ0n) is 19.2. The van der Waals surface area contributed by atoms with E-state index in [4.69, 9.17) is 15.2 Å². The summed E-state index contributed by atoms with van der Waals surface area (Å²) in [6.45, 7) is 1.89. The molecule has 170 valence electrons. The highest BCUT2D eigenvalue weighted by Crippen LogP contribution is 2.56. The van der Waals surface area contributed by atoms with Gasteiger partial charge in [-0.2, -0.15) is 15.8 Å². The summed E-state index contributed by atoms with van der Waals surface area (Å²) < 4.78 is 11.1. The van der Waals surface area contributed by atoms with Crippen LogP contribution in [0.25, 0.3) is 0 Å². The molecule has 2 N–H and O–H groups in total. The first-order valence-electron chi connectivity index (χ1n) is 10.9. The predicted octanol–water partition coefficient (Wildman–Crippen LogP) is 3.63. The van der Waals surface area contributed by atoms with Crippen molar-refractivity contribution in [3.8, 4) is 29.7 Å². The molecule has 2 atom stereocenters. The summed E-state index contributed by atoms with van der Waals surface area (Å²) in [5, 5.41) is 30.6. The Morgan fingerprint density at radius 3 is 2.41 bits per heavy atom. The molecule has 2 aromatic rings. The Bertz CT molecular complexity index is 1260. The van der Waals surface area contributed by atoms with Crippen LogP contribution in [0.2, 0.25) is 0 Å². The van der Waals surface area contributed by atoms with Gasteiger partial charge < -0.3 is 15.2 Å². The fourth-order valence-electron chi connectivity index (χ4n) is 5.14. The van der Waals surface area contributed by atoms with Crippen molar-refractivity contribution >= 4 is 0 Å². The first-order valence-corrected chi connectivity index (χ1v) is 10.9. The predicted molar refractivity (Wildman–Crippen MR) is 126 cm³/mol. The Hall–Kier alpha value is -4.25. The molecule has 1 heterocycles. The lowest BCUT2D eigenvalue weighted by Gasteiger charge is -2.45. The number of benzene rings is 2. The minimum absolute atomic E-state index is 0.00566. The standard InChI is InChI=1S/C27H25N5O2/c1-33-19-8-9-24(34-2)21(12-19)25-23-15-32(14-18-6-4-3-5-7-18)11-10-20(23)22(13-28)26(31)27(25,16-29)17-30/h3-10,12,23,25H,11,14-15,31H2,1-2H3. The molecule has 0 fully saturated rings. The highest BCUT2D eigenvalue weighted by Gasteiger charge is 2.55. The van der Waals surface area contributed by atoms with Crippen molar-refractivity contribution in [2.24, 2.45) is 17.1 Å². The largest absolute Gasteiger partial charge is 0.497 e. The second-order valence-corrected chi connectivity index (χ2v) is 8.46. The topological polar surface area (TPSA) is 119 Å². The van der Waals surface area contributed by atoms with Gasteiger partial charge in [0, 0.05) is 37.0 Å². The van der Waals surface area contributed by atoms with Gasteiger partial charge in [-0.1, -0.05) is 36.4 Å². The summed E-state index contributed by atoms with van der Waals surface area (Å²) in [5.74, 6) is 0.138. The van der Waals surface area contributed by atoms with Crippen LogP contribution >= 0.6 is 0 Å². The number of rotatable bonds is 5. The molecule has 0 amide bonds. The molecule has 4 rings (SSSR count). The van der Waals surface area contributed by atoms with Gasteiger partial charge in [-0.15, -0.1) is 0 Å². The van der Waals surface area contributed by atoms with Crippen LogP contribution in [0.4, 0.5) is 0 Å². The van der Waals surface area contributed by atoms with Crippen molar-refractivity contribution < 1.29 is 9.47 Å². The summed E-state index contributed by atoms with van der Waals surface area (Å²) in [6.07, 6.45) is 2.00. The van der Waals surface area contributed by atoms with Gasteiger partial charge in [0.15, 0.2) is 5.41 Å². The Morgan fingerprint density at radius 2 is 1.79 bits per heavy atom. The van der Waals surface area contributed by atoms with E-state index in [1.54, 1.807) is 32.4 Å². The molecule has 7 heteroatoms. The van der Waals surface area contributed by atoms with Crippen molar-refractivity contribution in [3.63, 3.8) is 0 Å². The van der Waals surface area contributed by atoms with Gasteiger partial charge in [0.05, 0.1) is 37.6 Å². The Balaban J connectivity index is 1.91. The lowest BCUT2D eigenvalue weighted by Crippen LogP contribution is -2.48. The monoisotopic (exact) mass is 451 g/mol. The quantitative estimate of drug-likeness (QED) is 0.737. The lowest BCUT2D eigenvalue weighted by molar-refractivity contribution is 0.199. The number of nitriles is 3. The normalized spacial score (nSPS) is 21.3. The number of allylic oxidation sites excluding steroid dienone is 2. The zero-order chi connectivity index (χ0) is 24.3. The van der Waals surface area contributed by atoms with Gasteiger partial charge in [-0.3, -0.25) is 4.90 Å². The number of nitrogens with two attached hydrogens (primary N) is 1. The van der Waals surface area contributed by atoms with Crippen molar-refractivity contribution in [1.29, 1.82) is 15.8 Å². The van der Waals surface area contributed by atoms with Crippen molar-refractivity contribution in [3.05, 3.63) is 82.6 Å². The number of methoxy groups -OCH3 is 2. The second kappa shape index (κ2) is 9.32. The first-order chi connectivity index (χ1) is 16.5. The van der Waals surface area contributed by atoms with E-state index in [1.165, 1.54) is 0 Å². The molecule has 1 aliphatic carbocycles. The average molecular weight is 452 g/mol. The van der Waals surface area contributed by atoms with E-state index >= 15 is 0 Å². The van der Waals surface area contributed by atoms with Crippen LogP contribution in [0.15, 0.2) is 71.5 Å². The SMILES string of the molecule is COc1ccc(OC)c(C2C3CN(Cc4ccccc4)CC=C3C(C#N)=C(N)C2(C#N)C#N)c1. The van der Waals surface area contributed by atoms with Crippen LogP contribution in [0.5, 0.6) is 11.5 Å². The van der Waals surface area contributed by atoms with Crippen LogP contribution in [-0.2, 0) is 6.54 Å². The van der Waals surface area contributed by atoms with E-state index in [0.717, 1.165) is 11.1 Å². The van der Waals surface area contributed by atoms with E-state index in [-0.39, 0.29) is 17.2 Å². The summed E-state index contributed by atoms with van der Waals surface area (Å²) >= 11 is 0. The van der Waals surface area contributed by atoms with Crippen molar-refractivity contribution in [2.45, 2.75) is 12.5 Å². The van der Waals surface area contributed by atoms with E-state index in [9.17, 15) is 15.8 Å². The summed E-state index contributed by atoms with van der Waals surface area (Å²) in [7, 11) is 3.11. The van der Waals surface area contributed by atoms with Crippen LogP contribution in [-0.4, -0.2) is 32.2 Å². The highest BCUT2D eigenvalue weighted by molar-refractivity contribution is 5.61. The maximum atomic E-state index is 10.3. The summed E-state index contributed by atoms with van der Waals surface area (Å²) in [4.78, 5) is 2.25. The fourth-order valence-corrected chi connectivity index (χ4v) is 5.14. The molecule has 2 aliphatic rings. The van der Waals surface area contributed by atoms with E-state index in [0.29, 0.717) is 36.7 Å². The molecule has 0 radical (unpaired) electrons. The lowest BCUT2D eigenvalue weighted by atomic mass is 9.58. The number of nitrogens with zero attached hydrogens (tertiary/aromatic N) is 4. The van der Waals surface area contributed by atoms with Crippen LogP contribution < -0.4 is 15.2 Å². The van der Waals surface area contributed by atoms with Crippen molar-refractivity contribution in [2.75, 3.05) is 27.3 Å². The zero-order valence-corrected chi connectivity index (χ0v) is 19.2. The summed E-state index contributed by atoms with van der Waals surface area (Å²) in [5.41, 5.74) is 7.51. The maximum absolute atomic E-state index is 10.3. The smallest absolute Gasteiger partial charge is 0.191 e. The molecule has 0 saturated carbocycles. The van der Waals surface area contributed by atoms with Crippen LogP contribution in [0.3, 0.4) is 0 Å². The average Bonchev–Trinajstić information content (AvgIpc) is 2.88. The van der Waals surface area contributed by atoms with Crippen molar-refractivity contribution in [1.82, 2.24) is 4.90 Å². The number of hydrogen-bond acceptors (Lipinski definition) is 7. The third-order valence-electron chi connectivity index (χ3n) is 6.76. The third-order valence-corrected chi connectivity index (χ3v) is 6.76. The van der Waals surface area contributed by atoms with Gasteiger partial charge >= 0.3 is 0 Å². The third kappa shape index (κ3) is 3.65. The molecule has 34 heavy (non-hydrogen) atoms. The Morgan fingerprint density at radius 1 is 1.06 bits per heavy atom. The molecule has 2 unspecified atom stereocenters. The van der Waals surface area contributed by atoms with Gasteiger partial charge in [0.2, 0.25) is 0 Å². The number of fused-ring (bicyclic) bond motifs is 1. The Kier molecular flexibility index (Phi) is 6.28. The molecular weight excluding hydrogens is 426 g/mol. The minimum atomic E-state index is -1.73. The number of ether oxygens (including phenoxy) is 2. The van der Waals surface area contributed by atoms with Crippen LogP contribution in [0, 0.1) is 45.3 Å².